The van der Waals surface area contributed by atoms with Crippen molar-refractivity contribution in [3.63, 3.8) is 0 Å². The maximum atomic E-state index is 5.59. The Labute approximate surface area is 92.0 Å². The number of hydrogen-bond acceptors (Lipinski definition) is 5. The molecule has 0 bridgehead atoms. The average Bonchev–Trinajstić information content (AvgIpc) is 2.96. The molecular weight excluding hydrogens is 208 g/mol. The lowest BCUT2D eigenvalue weighted by molar-refractivity contribution is 0.00639. The minimum Gasteiger partial charge on any atom is -0.472 e. The van der Waals surface area contributed by atoms with Gasteiger partial charge in [-0.05, 0) is 6.07 Å². The number of hydrogen-bond donors (Lipinski definition) is 1. The molecule has 3 rings (SSSR count). The van der Waals surface area contributed by atoms with Gasteiger partial charge in [0.25, 0.3) is 0 Å². The Hall–Kier alpha value is -1.66. The van der Waals surface area contributed by atoms with Crippen molar-refractivity contribution < 1.29 is 9.15 Å². The van der Waals surface area contributed by atoms with Crippen LogP contribution in [-0.2, 0) is 17.9 Å². The molecule has 0 aliphatic carbocycles. The molecular formula is C10H12N4O2. The second kappa shape index (κ2) is 3.73. The fourth-order valence-corrected chi connectivity index (χ4v) is 1.83. The average molecular weight is 220 g/mol. The van der Waals surface area contributed by atoms with E-state index in [2.05, 4.69) is 10.3 Å². The molecule has 6 nitrogen and oxygen atoms in total. The van der Waals surface area contributed by atoms with Crippen molar-refractivity contribution in [2.45, 2.75) is 19.3 Å². The highest BCUT2D eigenvalue weighted by Crippen LogP contribution is 2.24. The second-order valence-corrected chi connectivity index (χ2v) is 3.75. The fraction of sp³-hybridized carbons (Fsp3) is 0.400. The quantitative estimate of drug-likeness (QED) is 0.792. The first-order valence-electron chi connectivity index (χ1n) is 5.15. The third kappa shape index (κ3) is 1.43. The highest BCUT2D eigenvalue weighted by molar-refractivity contribution is 5.59. The molecule has 1 unspecified atom stereocenters. The summed E-state index contributed by atoms with van der Waals surface area (Å²) in [7, 11) is 0. The Balaban J connectivity index is 1.97. The van der Waals surface area contributed by atoms with Crippen LogP contribution in [0.3, 0.4) is 0 Å². The SMILES string of the molecule is NCC1Cn2nnc(-c3ccoc3)c2CO1. The third-order valence-electron chi connectivity index (χ3n) is 2.73. The normalized spacial score (nSPS) is 19.7. The molecule has 84 valence electrons. The number of fused-ring (bicyclic) bond motifs is 1. The van der Waals surface area contributed by atoms with Gasteiger partial charge >= 0.3 is 0 Å². The van der Waals surface area contributed by atoms with Gasteiger partial charge in [-0.2, -0.15) is 0 Å². The molecule has 0 radical (unpaired) electrons. The molecule has 2 aromatic rings. The van der Waals surface area contributed by atoms with Crippen molar-refractivity contribution in [1.82, 2.24) is 15.0 Å². The molecule has 3 heterocycles. The van der Waals surface area contributed by atoms with Gasteiger partial charge in [-0.3, -0.25) is 0 Å². The second-order valence-electron chi connectivity index (χ2n) is 3.75. The van der Waals surface area contributed by atoms with Gasteiger partial charge in [0.05, 0.1) is 37.5 Å². The summed E-state index contributed by atoms with van der Waals surface area (Å²) in [4.78, 5) is 0. The zero-order valence-electron chi connectivity index (χ0n) is 8.67. The van der Waals surface area contributed by atoms with Gasteiger partial charge in [-0.1, -0.05) is 5.21 Å². The van der Waals surface area contributed by atoms with Gasteiger partial charge in [0.1, 0.15) is 5.69 Å². The van der Waals surface area contributed by atoms with Crippen LogP contribution in [0.1, 0.15) is 5.69 Å². The first-order chi connectivity index (χ1) is 7.88. The topological polar surface area (TPSA) is 79.1 Å². The summed E-state index contributed by atoms with van der Waals surface area (Å²) in [5, 5.41) is 8.24. The van der Waals surface area contributed by atoms with E-state index in [4.69, 9.17) is 14.9 Å². The summed E-state index contributed by atoms with van der Waals surface area (Å²) < 4.78 is 12.5. The maximum absolute atomic E-state index is 5.59. The summed E-state index contributed by atoms with van der Waals surface area (Å²) >= 11 is 0. The van der Waals surface area contributed by atoms with Crippen LogP contribution in [0.15, 0.2) is 23.0 Å². The minimum absolute atomic E-state index is 0.0337. The smallest absolute Gasteiger partial charge is 0.121 e. The highest BCUT2D eigenvalue weighted by Gasteiger charge is 2.23. The predicted molar refractivity (Wildman–Crippen MR) is 55.4 cm³/mol. The third-order valence-corrected chi connectivity index (χ3v) is 2.73. The lowest BCUT2D eigenvalue weighted by atomic mass is 10.2. The van der Waals surface area contributed by atoms with Gasteiger partial charge in [-0.25, -0.2) is 4.68 Å². The van der Waals surface area contributed by atoms with Gasteiger partial charge < -0.3 is 14.9 Å². The number of nitrogens with two attached hydrogens (primary N) is 1. The van der Waals surface area contributed by atoms with Crippen molar-refractivity contribution in [2.75, 3.05) is 6.54 Å². The lowest BCUT2D eigenvalue weighted by Gasteiger charge is -2.22. The number of nitrogens with zero attached hydrogens (tertiary/aromatic N) is 3. The van der Waals surface area contributed by atoms with Crippen molar-refractivity contribution in [1.29, 1.82) is 0 Å². The number of furan rings is 1. The fourth-order valence-electron chi connectivity index (χ4n) is 1.83. The van der Waals surface area contributed by atoms with Crippen molar-refractivity contribution in [3.8, 4) is 11.3 Å². The van der Waals surface area contributed by atoms with Crippen LogP contribution in [-0.4, -0.2) is 27.6 Å². The summed E-state index contributed by atoms with van der Waals surface area (Å²) in [6.07, 6.45) is 3.30. The van der Waals surface area contributed by atoms with E-state index in [0.717, 1.165) is 17.0 Å². The van der Waals surface area contributed by atoms with Gasteiger partial charge in [0, 0.05) is 12.1 Å². The lowest BCUT2D eigenvalue weighted by Crippen LogP contribution is -2.33. The summed E-state index contributed by atoms with van der Waals surface area (Å²) in [6, 6.07) is 1.86. The van der Waals surface area contributed by atoms with Gasteiger partial charge in [0.2, 0.25) is 0 Å². The van der Waals surface area contributed by atoms with E-state index in [1.54, 1.807) is 12.5 Å². The number of rotatable bonds is 2. The Morgan fingerprint density at radius 1 is 1.56 bits per heavy atom. The standard InChI is InChI=1S/C10H12N4O2/c11-3-8-4-14-9(6-16-8)10(12-13-14)7-1-2-15-5-7/h1-2,5,8H,3-4,6,11H2. The van der Waals surface area contributed by atoms with E-state index in [9.17, 15) is 0 Å². The van der Waals surface area contributed by atoms with E-state index in [0.29, 0.717) is 19.7 Å². The van der Waals surface area contributed by atoms with Gasteiger partial charge in [0.15, 0.2) is 0 Å². The molecule has 0 spiro atoms. The molecule has 6 heteroatoms. The molecule has 1 aliphatic heterocycles. The molecule has 0 saturated carbocycles. The van der Waals surface area contributed by atoms with Crippen molar-refractivity contribution >= 4 is 0 Å². The Morgan fingerprint density at radius 2 is 2.50 bits per heavy atom. The van der Waals surface area contributed by atoms with E-state index in [1.165, 1.54) is 0 Å². The predicted octanol–water partition coefficient (Wildman–Crippen LogP) is 0.396. The maximum Gasteiger partial charge on any atom is 0.121 e. The van der Waals surface area contributed by atoms with E-state index >= 15 is 0 Å². The van der Waals surface area contributed by atoms with Crippen LogP contribution >= 0.6 is 0 Å². The largest absolute Gasteiger partial charge is 0.472 e. The molecule has 2 N–H and O–H groups in total. The van der Waals surface area contributed by atoms with Crippen LogP contribution in [0, 0.1) is 0 Å². The van der Waals surface area contributed by atoms with Gasteiger partial charge in [-0.15, -0.1) is 5.10 Å². The monoisotopic (exact) mass is 220 g/mol. The summed E-state index contributed by atoms with van der Waals surface area (Å²) in [6.45, 7) is 1.66. The van der Waals surface area contributed by atoms with Crippen molar-refractivity contribution in [3.05, 3.63) is 24.3 Å². The number of aromatic nitrogens is 3. The molecule has 0 aromatic carbocycles. The minimum atomic E-state index is 0.0337. The summed E-state index contributed by atoms with van der Waals surface area (Å²) in [5.41, 5.74) is 8.29. The van der Waals surface area contributed by atoms with E-state index < -0.39 is 0 Å². The van der Waals surface area contributed by atoms with Crippen LogP contribution < -0.4 is 5.73 Å². The van der Waals surface area contributed by atoms with Crippen molar-refractivity contribution in [2.24, 2.45) is 5.73 Å². The zero-order valence-corrected chi connectivity index (χ0v) is 8.67. The Bertz CT molecular complexity index is 477. The first kappa shape index (κ1) is 9.56. The zero-order chi connectivity index (χ0) is 11.0. The highest BCUT2D eigenvalue weighted by atomic mass is 16.5. The van der Waals surface area contributed by atoms with E-state index in [-0.39, 0.29) is 6.10 Å². The molecule has 16 heavy (non-hydrogen) atoms. The van der Waals surface area contributed by atoms with E-state index in [1.807, 2.05) is 10.7 Å². The summed E-state index contributed by atoms with van der Waals surface area (Å²) in [5.74, 6) is 0. The molecule has 0 amide bonds. The Morgan fingerprint density at radius 3 is 3.25 bits per heavy atom. The molecule has 0 saturated heterocycles. The molecule has 0 fully saturated rings. The van der Waals surface area contributed by atoms with Crippen LogP contribution in [0.25, 0.3) is 11.3 Å². The molecule has 1 aliphatic rings. The molecule has 2 aromatic heterocycles. The number of ether oxygens (including phenoxy) is 1. The molecule has 1 atom stereocenters. The van der Waals surface area contributed by atoms with Crippen LogP contribution in [0.2, 0.25) is 0 Å². The van der Waals surface area contributed by atoms with Crippen LogP contribution in [0.5, 0.6) is 0 Å². The van der Waals surface area contributed by atoms with Crippen LogP contribution in [0.4, 0.5) is 0 Å². The first-order valence-corrected chi connectivity index (χ1v) is 5.15. The Kier molecular flexibility index (Phi) is 2.23.